The van der Waals surface area contributed by atoms with Gasteiger partial charge < -0.3 is 14.7 Å². The number of aryl methyl sites for hydroxylation is 1. The summed E-state index contributed by atoms with van der Waals surface area (Å²) in [6.45, 7) is 2.37. The smallest absolute Gasteiger partial charge is 0.326 e. The zero-order valence-corrected chi connectivity index (χ0v) is 18.1. The van der Waals surface area contributed by atoms with Crippen LogP contribution in [0, 0.1) is 18.6 Å². The SMILES string of the molecule is Cc1cc(F)c(F)cc1-c1ccc(OCc2cccc(C(=O)N3CCCC3C(=O)O)c2)cc1. The fourth-order valence-electron chi connectivity index (χ4n) is 4.08. The number of carboxylic acid groups (broad SMARTS) is 1. The van der Waals surface area contributed by atoms with Crippen molar-refractivity contribution < 1.29 is 28.2 Å². The average molecular weight is 451 g/mol. The van der Waals surface area contributed by atoms with E-state index in [-0.39, 0.29) is 12.5 Å². The van der Waals surface area contributed by atoms with Gasteiger partial charge in [-0.2, -0.15) is 0 Å². The molecule has 1 atom stereocenters. The van der Waals surface area contributed by atoms with Crippen LogP contribution in [0.2, 0.25) is 0 Å². The summed E-state index contributed by atoms with van der Waals surface area (Å²) in [6, 6.07) is 15.5. The molecular weight excluding hydrogens is 428 g/mol. The van der Waals surface area contributed by atoms with Crippen molar-refractivity contribution in [3.05, 3.63) is 89.0 Å². The zero-order valence-electron chi connectivity index (χ0n) is 18.1. The Morgan fingerprint density at radius 2 is 1.79 bits per heavy atom. The molecule has 1 aliphatic rings. The molecule has 1 N–H and O–H groups in total. The second kappa shape index (κ2) is 9.40. The lowest BCUT2D eigenvalue weighted by Gasteiger charge is -2.21. The van der Waals surface area contributed by atoms with Crippen molar-refractivity contribution in [3.8, 4) is 16.9 Å². The van der Waals surface area contributed by atoms with Crippen molar-refractivity contribution in [2.24, 2.45) is 0 Å². The van der Waals surface area contributed by atoms with Gasteiger partial charge in [-0.15, -0.1) is 0 Å². The highest BCUT2D eigenvalue weighted by atomic mass is 19.2. The molecule has 1 amide bonds. The molecule has 0 aliphatic carbocycles. The molecule has 1 aliphatic heterocycles. The number of rotatable bonds is 6. The predicted octanol–water partition coefficient (Wildman–Crippen LogP) is 5.21. The number of carbonyl (C=O) groups is 2. The van der Waals surface area contributed by atoms with E-state index in [1.165, 1.54) is 17.0 Å². The molecule has 0 aromatic heterocycles. The monoisotopic (exact) mass is 451 g/mol. The average Bonchev–Trinajstić information content (AvgIpc) is 3.31. The van der Waals surface area contributed by atoms with Crippen molar-refractivity contribution in [2.45, 2.75) is 32.4 Å². The molecule has 4 rings (SSSR count). The summed E-state index contributed by atoms with van der Waals surface area (Å²) in [7, 11) is 0. The number of nitrogens with zero attached hydrogens (tertiary/aromatic N) is 1. The lowest BCUT2D eigenvalue weighted by molar-refractivity contribution is -0.141. The van der Waals surface area contributed by atoms with Crippen LogP contribution in [0.3, 0.4) is 0 Å². The third-order valence-corrected chi connectivity index (χ3v) is 5.81. The largest absolute Gasteiger partial charge is 0.489 e. The molecule has 0 bridgehead atoms. The van der Waals surface area contributed by atoms with Gasteiger partial charge in [0, 0.05) is 12.1 Å². The molecule has 1 heterocycles. The Bertz CT molecular complexity index is 1190. The van der Waals surface area contributed by atoms with Crippen molar-refractivity contribution >= 4 is 11.9 Å². The van der Waals surface area contributed by atoms with Gasteiger partial charge in [0.25, 0.3) is 5.91 Å². The van der Waals surface area contributed by atoms with Gasteiger partial charge in [-0.3, -0.25) is 4.79 Å². The Kier molecular flexibility index (Phi) is 6.40. The van der Waals surface area contributed by atoms with Crippen LogP contribution in [-0.2, 0) is 11.4 Å². The summed E-state index contributed by atoms with van der Waals surface area (Å²) in [6.07, 6.45) is 1.13. The van der Waals surface area contributed by atoms with Gasteiger partial charge in [-0.1, -0.05) is 24.3 Å². The standard InChI is InChI=1S/C26H23F2NO4/c1-16-12-22(27)23(28)14-21(16)18-7-9-20(10-8-18)33-15-17-4-2-5-19(13-17)25(30)29-11-3-6-24(29)26(31)32/h2,4-5,7-10,12-14,24H,3,6,11,15H2,1H3,(H,31,32). The van der Waals surface area contributed by atoms with Crippen LogP contribution in [-0.4, -0.2) is 34.5 Å². The molecule has 0 spiro atoms. The van der Waals surface area contributed by atoms with E-state index in [2.05, 4.69) is 0 Å². The van der Waals surface area contributed by atoms with Gasteiger partial charge in [-0.25, -0.2) is 13.6 Å². The van der Waals surface area contributed by atoms with E-state index in [0.717, 1.165) is 11.1 Å². The van der Waals surface area contributed by atoms with Gasteiger partial charge >= 0.3 is 5.97 Å². The van der Waals surface area contributed by atoms with E-state index >= 15 is 0 Å². The molecule has 1 saturated heterocycles. The molecule has 33 heavy (non-hydrogen) atoms. The van der Waals surface area contributed by atoms with Crippen molar-refractivity contribution in [2.75, 3.05) is 6.54 Å². The van der Waals surface area contributed by atoms with E-state index in [4.69, 9.17) is 4.74 Å². The minimum Gasteiger partial charge on any atom is -0.489 e. The maximum Gasteiger partial charge on any atom is 0.326 e. The number of benzene rings is 3. The van der Waals surface area contributed by atoms with Gasteiger partial charge in [0.2, 0.25) is 0 Å². The van der Waals surface area contributed by atoms with E-state index in [1.54, 1.807) is 49.4 Å². The summed E-state index contributed by atoms with van der Waals surface area (Å²) in [4.78, 5) is 25.6. The molecule has 170 valence electrons. The quantitative estimate of drug-likeness (QED) is 0.559. The minimum absolute atomic E-state index is 0.215. The second-order valence-electron chi connectivity index (χ2n) is 8.09. The summed E-state index contributed by atoms with van der Waals surface area (Å²) in [5.41, 5.74) is 3.17. The molecule has 1 fully saturated rings. The molecule has 1 unspecified atom stereocenters. The van der Waals surface area contributed by atoms with E-state index in [0.29, 0.717) is 41.8 Å². The van der Waals surface area contributed by atoms with Gasteiger partial charge in [0.05, 0.1) is 0 Å². The zero-order chi connectivity index (χ0) is 23.5. The number of carboxylic acids is 1. The highest BCUT2D eigenvalue weighted by molar-refractivity contribution is 5.97. The molecule has 0 radical (unpaired) electrons. The Labute approximate surface area is 190 Å². The first-order chi connectivity index (χ1) is 15.8. The molecule has 0 saturated carbocycles. The van der Waals surface area contributed by atoms with E-state index < -0.39 is 23.6 Å². The first kappa shape index (κ1) is 22.5. The van der Waals surface area contributed by atoms with E-state index in [9.17, 15) is 23.5 Å². The fraction of sp³-hybridized carbons (Fsp3) is 0.231. The number of halogens is 2. The first-order valence-electron chi connectivity index (χ1n) is 10.6. The van der Waals surface area contributed by atoms with Crippen LogP contribution in [0.4, 0.5) is 8.78 Å². The number of ether oxygens (including phenoxy) is 1. The predicted molar refractivity (Wildman–Crippen MR) is 119 cm³/mol. The van der Waals surface area contributed by atoms with Crippen molar-refractivity contribution in [1.82, 2.24) is 4.90 Å². The maximum atomic E-state index is 13.6. The lowest BCUT2D eigenvalue weighted by Crippen LogP contribution is -2.40. The number of hydrogen-bond acceptors (Lipinski definition) is 3. The van der Waals surface area contributed by atoms with Crippen LogP contribution in [0.25, 0.3) is 11.1 Å². The fourth-order valence-corrected chi connectivity index (χ4v) is 4.08. The van der Waals surface area contributed by atoms with Crippen LogP contribution in [0.5, 0.6) is 5.75 Å². The number of carbonyl (C=O) groups excluding carboxylic acids is 1. The van der Waals surface area contributed by atoms with Gasteiger partial charge in [0.15, 0.2) is 11.6 Å². The third-order valence-electron chi connectivity index (χ3n) is 5.81. The van der Waals surface area contributed by atoms with Gasteiger partial charge in [0.1, 0.15) is 18.4 Å². The van der Waals surface area contributed by atoms with Crippen molar-refractivity contribution in [3.63, 3.8) is 0 Å². The molecule has 3 aromatic rings. The van der Waals surface area contributed by atoms with Crippen LogP contribution < -0.4 is 4.74 Å². The number of likely N-dealkylation sites (tertiary alicyclic amines) is 1. The van der Waals surface area contributed by atoms with Crippen molar-refractivity contribution in [1.29, 1.82) is 0 Å². The highest BCUT2D eigenvalue weighted by Crippen LogP contribution is 2.28. The molecule has 7 heteroatoms. The molecule has 3 aromatic carbocycles. The highest BCUT2D eigenvalue weighted by Gasteiger charge is 2.34. The summed E-state index contributed by atoms with van der Waals surface area (Å²) in [5.74, 6) is -2.47. The third kappa shape index (κ3) is 4.87. The Hall–Kier alpha value is -3.74. The second-order valence-corrected chi connectivity index (χ2v) is 8.09. The summed E-state index contributed by atoms with van der Waals surface area (Å²) >= 11 is 0. The molecule has 5 nitrogen and oxygen atoms in total. The Balaban J connectivity index is 1.43. The van der Waals surface area contributed by atoms with Gasteiger partial charge in [-0.05, 0) is 78.4 Å². The number of amides is 1. The first-order valence-corrected chi connectivity index (χ1v) is 10.6. The topological polar surface area (TPSA) is 66.8 Å². The minimum atomic E-state index is -0.984. The Morgan fingerprint density at radius 3 is 2.52 bits per heavy atom. The summed E-state index contributed by atoms with van der Waals surface area (Å²) < 4.78 is 32.8. The number of hydrogen-bond donors (Lipinski definition) is 1. The normalized spacial score (nSPS) is 15.5. The lowest BCUT2D eigenvalue weighted by atomic mass is 10.0. The maximum absolute atomic E-state index is 13.6. The summed E-state index contributed by atoms with van der Waals surface area (Å²) in [5, 5.41) is 9.33. The van der Waals surface area contributed by atoms with Crippen LogP contribution >= 0.6 is 0 Å². The van der Waals surface area contributed by atoms with Crippen LogP contribution in [0.1, 0.15) is 34.3 Å². The number of aliphatic carboxylic acids is 1. The Morgan fingerprint density at radius 1 is 1.06 bits per heavy atom. The molecular formula is C26H23F2NO4. The van der Waals surface area contributed by atoms with E-state index in [1.807, 2.05) is 6.07 Å². The van der Waals surface area contributed by atoms with Crippen LogP contribution in [0.15, 0.2) is 60.7 Å².